The molecule has 0 aromatic heterocycles. The van der Waals surface area contributed by atoms with Gasteiger partial charge < -0.3 is 9.47 Å². The van der Waals surface area contributed by atoms with Crippen LogP contribution in [0.25, 0.3) is 0 Å². The minimum Gasteiger partial charge on any atom is -0.497 e. The fraction of sp³-hybridized carbons (Fsp3) is 0.235. The van der Waals surface area contributed by atoms with E-state index in [-0.39, 0.29) is 18.0 Å². The second kappa shape index (κ2) is 7.53. The number of carbonyl (C=O) groups excluding carboxylic acids is 1. The van der Waals surface area contributed by atoms with E-state index in [4.69, 9.17) is 21.1 Å². The minimum atomic E-state index is -3.74. The molecule has 9 heteroatoms. The Morgan fingerprint density at radius 3 is 2.77 bits per heavy atom. The van der Waals surface area contributed by atoms with Gasteiger partial charge in [0.2, 0.25) is 10.0 Å². The average Bonchev–Trinajstić information content (AvgIpc) is 3.01. The molecule has 26 heavy (non-hydrogen) atoms. The van der Waals surface area contributed by atoms with Crippen molar-refractivity contribution in [1.82, 2.24) is 4.72 Å². The number of rotatable bonds is 6. The first-order valence-electron chi connectivity index (χ1n) is 7.76. The average molecular weight is 397 g/mol. The van der Waals surface area contributed by atoms with E-state index >= 15 is 0 Å². The molecule has 138 valence electrons. The van der Waals surface area contributed by atoms with Gasteiger partial charge in [0.15, 0.2) is 0 Å². The number of sulfonamides is 1. The number of carbonyl (C=O) groups is 1. The maximum Gasteiger partial charge on any atom is 0.414 e. The van der Waals surface area contributed by atoms with Gasteiger partial charge in [0.25, 0.3) is 0 Å². The number of nitrogens with one attached hydrogen (secondary N) is 1. The normalized spacial score (nSPS) is 17.2. The molecular formula is C17H17ClN2O5S. The van der Waals surface area contributed by atoms with Crippen molar-refractivity contribution in [2.45, 2.75) is 11.0 Å². The number of amides is 1. The van der Waals surface area contributed by atoms with Gasteiger partial charge in [-0.15, -0.1) is 0 Å². The fourth-order valence-corrected chi connectivity index (χ4v) is 3.90. The Morgan fingerprint density at radius 2 is 2.04 bits per heavy atom. The number of cyclic esters (lactones) is 1. The Kier molecular flexibility index (Phi) is 5.36. The second-order valence-corrected chi connectivity index (χ2v) is 7.83. The second-order valence-electron chi connectivity index (χ2n) is 5.63. The molecular weight excluding hydrogens is 380 g/mol. The predicted octanol–water partition coefficient (Wildman–Crippen LogP) is 2.65. The van der Waals surface area contributed by atoms with Crippen LogP contribution in [0.2, 0.25) is 5.02 Å². The smallest absolute Gasteiger partial charge is 0.414 e. The van der Waals surface area contributed by atoms with Crippen LogP contribution >= 0.6 is 11.6 Å². The van der Waals surface area contributed by atoms with Crippen molar-refractivity contribution >= 4 is 33.4 Å². The van der Waals surface area contributed by atoms with Crippen LogP contribution in [0.3, 0.4) is 0 Å². The molecule has 1 fully saturated rings. The van der Waals surface area contributed by atoms with E-state index < -0.39 is 22.2 Å². The summed E-state index contributed by atoms with van der Waals surface area (Å²) in [7, 11) is -2.21. The van der Waals surface area contributed by atoms with Crippen LogP contribution in [-0.2, 0) is 14.8 Å². The number of ether oxygens (including phenoxy) is 2. The Balaban J connectivity index is 1.66. The van der Waals surface area contributed by atoms with E-state index in [0.717, 1.165) is 0 Å². The lowest BCUT2D eigenvalue weighted by Crippen LogP contribution is -2.34. The molecule has 7 nitrogen and oxygen atoms in total. The molecule has 1 aliphatic heterocycles. The quantitative estimate of drug-likeness (QED) is 0.811. The number of hydrogen-bond donors (Lipinski definition) is 1. The summed E-state index contributed by atoms with van der Waals surface area (Å²) in [6, 6.07) is 12.9. The highest BCUT2D eigenvalue weighted by Gasteiger charge is 2.33. The van der Waals surface area contributed by atoms with E-state index in [1.807, 2.05) is 0 Å². The van der Waals surface area contributed by atoms with Gasteiger partial charge in [-0.1, -0.05) is 23.7 Å². The summed E-state index contributed by atoms with van der Waals surface area (Å²) in [4.78, 5) is 13.6. The zero-order chi connectivity index (χ0) is 18.7. The van der Waals surface area contributed by atoms with Crippen LogP contribution in [0.1, 0.15) is 0 Å². The van der Waals surface area contributed by atoms with Crippen molar-refractivity contribution < 1.29 is 22.7 Å². The standard InChI is InChI=1S/C17H17ClN2O5S/c1-24-14-6-3-5-13(9-14)20-11-15(25-17(20)21)10-19-26(22,23)16-7-2-4-12(18)8-16/h2-9,15,19H,10-11H2,1H3/t15-/m0/s1. The zero-order valence-corrected chi connectivity index (χ0v) is 15.5. The SMILES string of the molecule is COc1cccc(N2C[C@H](CNS(=O)(=O)c3cccc(Cl)c3)OC2=O)c1. The molecule has 2 aromatic carbocycles. The predicted molar refractivity (Wildman–Crippen MR) is 97.2 cm³/mol. The molecule has 0 saturated carbocycles. The molecule has 2 aromatic rings. The number of benzene rings is 2. The van der Waals surface area contributed by atoms with E-state index in [2.05, 4.69) is 4.72 Å². The lowest BCUT2D eigenvalue weighted by molar-refractivity contribution is 0.143. The topological polar surface area (TPSA) is 84.9 Å². The first-order chi connectivity index (χ1) is 12.4. The molecule has 1 amide bonds. The van der Waals surface area contributed by atoms with Gasteiger partial charge in [0, 0.05) is 17.6 Å². The summed E-state index contributed by atoms with van der Waals surface area (Å²) < 4.78 is 37.5. The number of methoxy groups -OCH3 is 1. The van der Waals surface area contributed by atoms with Crippen LogP contribution in [0.15, 0.2) is 53.4 Å². The van der Waals surface area contributed by atoms with E-state index in [0.29, 0.717) is 16.5 Å². The van der Waals surface area contributed by atoms with E-state index in [1.54, 1.807) is 36.4 Å². The molecule has 1 aliphatic rings. The van der Waals surface area contributed by atoms with Gasteiger partial charge in [0.1, 0.15) is 11.9 Å². The highest BCUT2D eigenvalue weighted by Crippen LogP contribution is 2.25. The number of anilines is 1. The zero-order valence-electron chi connectivity index (χ0n) is 13.9. The van der Waals surface area contributed by atoms with Crippen LogP contribution in [0.4, 0.5) is 10.5 Å². The van der Waals surface area contributed by atoms with E-state index in [9.17, 15) is 13.2 Å². The van der Waals surface area contributed by atoms with Crippen LogP contribution < -0.4 is 14.4 Å². The number of hydrogen-bond acceptors (Lipinski definition) is 5. The Bertz CT molecular complexity index is 919. The van der Waals surface area contributed by atoms with Gasteiger partial charge in [-0.2, -0.15) is 0 Å². The Labute approximate surface area is 156 Å². The summed E-state index contributed by atoms with van der Waals surface area (Å²) in [5, 5.41) is 0.323. The van der Waals surface area contributed by atoms with Gasteiger partial charge in [-0.25, -0.2) is 17.9 Å². The van der Waals surface area contributed by atoms with Gasteiger partial charge in [-0.3, -0.25) is 4.90 Å². The van der Waals surface area contributed by atoms with E-state index in [1.165, 1.54) is 24.1 Å². The summed E-state index contributed by atoms with van der Waals surface area (Å²) in [6.45, 7) is 0.186. The maximum atomic E-state index is 12.3. The Hall–Kier alpha value is -2.29. The van der Waals surface area contributed by atoms with Crippen molar-refractivity contribution in [3.05, 3.63) is 53.6 Å². The first-order valence-corrected chi connectivity index (χ1v) is 9.62. The Morgan fingerprint density at radius 1 is 1.27 bits per heavy atom. The molecule has 1 saturated heterocycles. The molecule has 1 heterocycles. The van der Waals surface area contributed by atoms with Crippen molar-refractivity contribution in [1.29, 1.82) is 0 Å². The van der Waals surface area contributed by atoms with Crippen LogP contribution in [-0.4, -0.2) is 40.8 Å². The summed E-state index contributed by atoms with van der Waals surface area (Å²) >= 11 is 5.83. The fourth-order valence-electron chi connectivity index (χ4n) is 2.54. The maximum absolute atomic E-state index is 12.3. The van der Waals surface area contributed by atoms with Crippen molar-refractivity contribution in [3.8, 4) is 5.75 Å². The molecule has 0 aliphatic carbocycles. The number of halogens is 1. The molecule has 0 bridgehead atoms. The van der Waals surface area contributed by atoms with Crippen molar-refractivity contribution in [2.24, 2.45) is 0 Å². The lowest BCUT2D eigenvalue weighted by atomic mass is 10.2. The van der Waals surface area contributed by atoms with Gasteiger partial charge >= 0.3 is 6.09 Å². The lowest BCUT2D eigenvalue weighted by Gasteiger charge is -2.14. The molecule has 0 spiro atoms. The van der Waals surface area contributed by atoms with Crippen LogP contribution in [0.5, 0.6) is 5.75 Å². The third kappa shape index (κ3) is 4.09. The molecule has 1 atom stereocenters. The largest absolute Gasteiger partial charge is 0.497 e. The third-order valence-corrected chi connectivity index (χ3v) is 5.50. The first kappa shape index (κ1) is 18.5. The minimum absolute atomic E-state index is 0.0406. The van der Waals surface area contributed by atoms with Gasteiger partial charge in [0.05, 0.1) is 24.2 Å². The van der Waals surface area contributed by atoms with Crippen molar-refractivity contribution in [2.75, 3.05) is 25.1 Å². The molecule has 0 radical (unpaired) electrons. The third-order valence-electron chi connectivity index (χ3n) is 3.85. The highest BCUT2D eigenvalue weighted by molar-refractivity contribution is 7.89. The molecule has 3 rings (SSSR count). The molecule has 0 unspecified atom stereocenters. The van der Waals surface area contributed by atoms with Crippen LogP contribution in [0, 0.1) is 0 Å². The monoisotopic (exact) mass is 396 g/mol. The number of nitrogens with zero attached hydrogens (tertiary/aromatic N) is 1. The van der Waals surface area contributed by atoms with Crippen molar-refractivity contribution in [3.63, 3.8) is 0 Å². The molecule has 1 N–H and O–H groups in total. The van der Waals surface area contributed by atoms with Gasteiger partial charge in [-0.05, 0) is 30.3 Å². The summed E-state index contributed by atoms with van der Waals surface area (Å²) in [5.41, 5.74) is 0.620. The summed E-state index contributed by atoms with van der Waals surface area (Å²) in [6.07, 6.45) is -1.15. The highest BCUT2D eigenvalue weighted by atomic mass is 35.5. The summed E-state index contributed by atoms with van der Waals surface area (Å²) in [5.74, 6) is 0.611.